The summed E-state index contributed by atoms with van der Waals surface area (Å²) in [4.78, 5) is 42.3. The Morgan fingerprint density at radius 1 is 1.23 bits per heavy atom. The third kappa shape index (κ3) is 3.42. The first-order valence-corrected chi connectivity index (χ1v) is 9.41. The molecule has 1 fully saturated rings. The summed E-state index contributed by atoms with van der Waals surface area (Å²) in [6.07, 6.45) is 1.51. The number of carbonyl (C=O) groups excluding carboxylic acids is 3. The van der Waals surface area contributed by atoms with Gasteiger partial charge in [0.25, 0.3) is 5.91 Å². The van der Waals surface area contributed by atoms with Crippen LogP contribution in [0, 0.1) is 0 Å². The molecule has 2 aromatic carbocycles. The predicted octanol–water partition coefficient (Wildman–Crippen LogP) is 3.06. The van der Waals surface area contributed by atoms with E-state index in [9.17, 15) is 14.4 Å². The van der Waals surface area contributed by atoms with Crippen LogP contribution in [0.15, 0.2) is 59.1 Å². The third-order valence-corrected chi connectivity index (χ3v) is 5.19. The fourth-order valence-corrected chi connectivity index (χ4v) is 3.50. The van der Waals surface area contributed by atoms with E-state index < -0.39 is 23.4 Å². The molecule has 152 valence electrons. The maximum absolute atomic E-state index is 13.1. The van der Waals surface area contributed by atoms with E-state index in [4.69, 9.17) is 21.8 Å². The number of nitrogens with one attached hydrogen (secondary N) is 1. The standard InChI is InChI=1S/C21H17ClN4O4/c1-21(14-6-2-5-13(8-14)18(23)27)19(28)26(20(29)25-21)11-17-24-10-16(30-17)12-4-3-7-15(22)9-12/h2-10H,11H2,1H3,(H2,23,27)(H,25,29). The lowest BCUT2D eigenvalue weighted by molar-refractivity contribution is -0.131. The second-order valence-electron chi connectivity index (χ2n) is 7.02. The number of benzene rings is 2. The highest BCUT2D eigenvalue weighted by Crippen LogP contribution is 2.31. The van der Waals surface area contributed by atoms with Gasteiger partial charge < -0.3 is 15.5 Å². The maximum atomic E-state index is 13.1. The highest BCUT2D eigenvalue weighted by atomic mass is 35.5. The molecule has 9 heteroatoms. The molecule has 1 atom stereocenters. The van der Waals surface area contributed by atoms with E-state index in [1.807, 2.05) is 6.07 Å². The number of hydrogen-bond donors (Lipinski definition) is 2. The Morgan fingerprint density at radius 3 is 2.73 bits per heavy atom. The maximum Gasteiger partial charge on any atom is 0.325 e. The molecule has 30 heavy (non-hydrogen) atoms. The molecule has 4 amide bonds. The molecule has 1 saturated heterocycles. The molecule has 1 unspecified atom stereocenters. The molecule has 8 nitrogen and oxygen atoms in total. The van der Waals surface area contributed by atoms with Crippen LogP contribution in [-0.4, -0.2) is 27.7 Å². The lowest BCUT2D eigenvalue weighted by Gasteiger charge is -2.22. The number of rotatable bonds is 5. The second-order valence-corrected chi connectivity index (χ2v) is 7.46. The topological polar surface area (TPSA) is 119 Å². The first-order valence-electron chi connectivity index (χ1n) is 9.03. The Balaban J connectivity index is 1.58. The van der Waals surface area contributed by atoms with Crippen molar-refractivity contribution in [2.45, 2.75) is 19.0 Å². The summed E-state index contributed by atoms with van der Waals surface area (Å²) in [5.41, 5.74) is 5.41. The molecule has 0 spiro atoms. The van der Waals surface area contributed by atoms with Crippen LogP contribution < -0.4 is 11.1 Å². The fraction of sp³-hybridized carbons (Fsp3) is 0.143. The van der Waals surface area contributed by atoms with Gasteiger partial charge in [-0.05, 0) is 36.8 Å². The highest BCUT2D eigenvalue weighted by Gasteiger charge is 2.49. The van der Waals surface area contributed by atoms with Crippen LogP contribution in [0.2, 0.25) is 5.02 Å². The van der Waals surface area contributed by atoms with Crippen LogP contribution in [-0.2, 0) is 16.9 Å². The van der Waals surface area contributed by atoms with Crippen molar-refractivity contribution in [3.05, 3.63) is 76.8 Å². The van der Waals surface area contributed by atoms with Crippen LogP contribution in [0.1, 0.15) is 28.7 Å². The number of nitrogens with two attached hydrogens (primary N) is 1. The SMILES string of the molecule is CC1(c2cccc(C(N)=O)c2)NC(=O)N(Cc2ncc(-c3cccc(Cl)c3)o2)C1=O. The number of aromatic nitrogens is 1. The summed E-state index contributed by atoms with van der Waals surface area (Å²) >= 11 is 6.00. The van der Waals surface area contributed by atoms with Gasteiger partial charge in [0.05, 0.1) is 6.20 Å². The number of carbonyl (C=O) groups is 3. The molecule has 1 aromatic heterocycles. The van der Waals surface area contributed by atoms with Gasteiger partial charge in [-0.15, -0.1) is 0 Å². The Labute approximate surface area is 176 Å². The molecule has 1 aliphatic heterocycles. The minimum absolute atomic E-state index is 0.143. The van der Waals surface area contributed by atoms with Crippen molar-refractivity contribution in [3.8, 4) is 11.3 Å². The third-order valence-electron chi connectivity index (χ3n) is 4.96. The summed E-state index contributed by atoms with van der Waals surface area (Å²) in [6.45, 7) is 1.43. The van der Waals surface area contributed by atoms with E-state index >= 15 is 0 Å². The van der Waals surface area contributed by atoms with E-state index in [1.54, 1.807) is 43.3 Å². The molecular weight excluding hydrogens is 408 g/mol. The van der Waals surface area contributed by atoms with Gasteiger partial charge >= 0.3 is 6.03 Å². The van der Waals surface area contributed by atoms with Gasteiger partial charge in [0.1, 0.15) is 12.1 Å². The quantitative estimate of drug-likeness (QED) is 0.610. The molecule has 0 radical (unpaired) electrons. The highest BCUT2D eigenvalue weighted by molar-refractivity contribution is 6.30. The van der Waals surface area contributed by atoms with Gasteiger partial charge in [0.2, 0.25) is 11.8 Å². The summed E-state index contributed by atoms with van der Waals surface area (Å²) < 4.78 is 5.70. The van der Waals surface area contributed by atoms with Crippen molar-refractivity contribution >= 4 is 29.4 Å². The molecule has 0 bridgehead atoms. The minimum Gasteiger partial charge on any atom is -0.439 e. The van der Waals surface area contributed by atoms with Gasteiger partial charge in [-0.25, -0.2) is 9.78 Å². The van der Waals surface area contributed by atoms with Crippen molar-refractivity contribution in [1.82, 2.24) is 15.2 Å². The number of urea groups is 1. The molecule has 2 heterocycles. The Bertz CT molecular complexity index is 1180. The molecule has 4 rings (SSSR count). The van der Waals surface area contributed by atoms with E-state index in [1.165, 1.54) is 12.3 Å². The van der Waals surface area contributed by atoms with Gasteiger partial charge in [-0.3, -0.25) is 14.5 Å². The average Bonchev–Trinajstić information content (AvgIpc) is 3.27. The zero-order valence-electron chi connectivity index (χ0n) is 15.9. The zero-order chi connectivity index (χ0) is 21.5. The largest absolute Gasteiger partial charge is 0.439 e. The first kappa shape index (κ1) is 19.7. The number of hydrogen-bond acceptors (Lipinski definition) is 5. The van der Waals surface area contributed by atoms with Gasteiger partial charge in [0.15, 0.2) is 5.76 Å². The summed E-state index contributed by atoms with van der Waals surface area (Å²) in [5, 5.41) is 3.23. The van der Waals surface area contributed by atoms with E-state index in [-0.39, 0.29) is 18.0 Å². The fourth-order valence-electron chi connectivity index (χ4n) is 3.31. The average molecular weight is 425 g/mol. The minimum atomic E-state index is -1.34. The van der Waals surface area contributed by atoms with Gasteiger partial charge in [0, 0.05) is 16.1 Å². The molecule has 3 N–H and O–H groups in total. The Kier molecular flexibility index (Phi) is 4.79. The lowest BCUT2D eigenvalue weighted by Crippen LogP contribution is -2.41. The van der Waals surface area contributed by atoms with Crippen molar-refractivity contribution in [3.63, 3.8) is 0 Å². The predicted molar refractivity (Wildman–Crippen MR) is 108 cm³/mol. The van der Waals surface area contributed by atoms with E-state index in [2.05, 4.69) is 10.3 Å². The zero-order valence-corrected chi connectivity index (χ0v) is 16.6. The van der Waals surface area contributed by atoms with Gasteiger partial charge in [-0.1, -0.05) is 35.9 Å². The molecule has 0 saturated carbocycles. The first-order chi connectivity index (χ1) is 14.3. The normalized spacial score (nSPS) is 18.5. The van der Waals surface area contributed by atoms with Crippen LogP contribution in [0.3, 0.4) is 0 Å². The van der Waals surface area contributed by atoms with Crippen molar-refractivity contribution in [2.24, 2.45) is 5.73 Å². The monoisotopic (exact) mass is 424 g/mol. The van der Waals surface area contributed by atoms with Crippen LogP contribution >= 0.6 is 11.6 Å². The second kappa shape index (κ2) is 7.31. The molecule has 0 aliphatic carbocycles. The number of halogens is 1. The number of oxazole rings is 1. The van der Waals surface area contributed by atoms with Crippen molar-refractivity contribution in [2.75, 3.05) is 0 Å². The van der Waals surface area contributed by atoms with Crippen molar-refractivity contribution < 1.29 is 18.8 Å². The number of amides is 4. The summed E-state index contributed by atoms with van der Waals surface area (Å²) in [6, 6.07) is 12.8. The lowest BCUT2D eigenvalue weighted by atomic mass is 9.90. The number of imide groups is 1. The smallest absolute Gasteiger partial charge is 0.325 e. The molecule has 3 aromatic rings. The Hall–Kier alpha value is -3.65. The van der Waals surface area contributed by atoms with E-state index in [0.717, 1.165) is 10.5 Å². The van der Waals surface area contributed by atoms with Crippen molar-refractivity contribution in [1.29, 1.82) is 0 Å². The van der Waals surface area contributed by atoms with Gasteiger partial charge in [-0.2, -0.15) is 0 Å². The number of primary amides is 1. The van der Waals surface area contributed by atoms with Crippen LogP contribution in [0.25, 0.3) is 11.3 Å². The molecular formula is C21H17ClN4O4. The van der Waals surface area contributed by atoms with Crippen LogP contribution in [0.4, 0.5) is 4.79 Å². The number of nitrogens with zero attached hydrogens (tertiary/aromatic N) is 2. The Morgan fingerprint density at radius 2 is 2.00 bits per heavy atom. The molecule has 1 aliphatic rings. The summed E-state index contributed by atoms with van der Waals surface area (Å²) in [7, 11) is 0. The summed E-state index contributed by atoms with van der Waals surface area (Å²) in [5.74, 6) is -0.445. The van der Waals surface area contributed by atoms with Crippen LogP contribution in [0.5, 0.6) is 0 Å². The van der Waals surface area contributed by atoms with E-state index in [0.29, 0.717) is 16.3 Å².